The van der Waals surface area contributed by atoms with Crippen molar-refractivity contribution < 1.29 is 4.79 Å². The van der Waals surface area contributed by atoms with Gasteiger partial charge in [0.1, 0.15) is 0 Å². The van der Waals surface area contributed by atoms with Crippen LogP contribution < -0.4 is 0 Å². The summed E-state index contributed by atoms with van der Waals surface area (Å²) in [7, 11) is 0. The highest BCUT2D eigenvalue weighted by atomic mass is 32.1. The van der Waals surface area contributed by atoms with Gasteiger partial charge in [0.15, 0.2) is 0 Å². The molecule has 0 radical (unpaired) electrons. The number of nitrogens with zero attached hydrogens (tertiary/aromatic N) is 1. The van der Waals surface area contributed by atoms with E-state index in [-0.39, 0.29) is 5.91 Å². The fourth-order valence-electron chi connectivity index (χ4n) is 1.45. The Bertz CT molecular complexity index is 282. The lowest BCUT2D eigenvalue weighted by Gasteiger charge is -2.19. The van der Waals surface area contributed by atoms with Crippen molar-refractivity contribution in [3.63, 3.8) is 0 Å². The minimum atomic E-state index is 0.285. The molecule has 1 amide bonds. The van der Waals surface area contributed by atoms with Gasteiger partial charge in [0.25, 0.3) is 0 Å². The van der Waals surface area contributed by atoms with Crippen molar-refractivity contribution in [3.8, 4) is 0 Å². The van der Waals surface area contributed by atoms with E-state index < -0.39 is 0 Å². The normalized spacial score (nSPS) is 10.3. The SMILES string of the molecule is CCCCC(=O)N(CC)Cc1cccs1. The molecule has 0 aromatic carbocycles. The first kappa shape index (κ1) is 12.2. The van der Waals surface area contributed by atoms with Crippen LogP contribution in [0.25, 0.3) is 0 Å². The summed E-state index contributed by atoms with van der Waals surface area (Å²) >= 11 is 1.71. The molecule has 0 saturated heterocycles. The largest absolute Gasteiger partial charge is 0.338 e. The molecule has 3 heteroatoms. The van der Waals surface area contributed by atoms with E-state index in [2.05, 4.69) is 18.4 Å². The lowest BCUT2D eigenvalue weighted by Crippen LogP contribution is -2.29. The third-order valence-corrected chi connectivity index (χ3v) is 3.27. The molecule has 0 bridgehead atoms. The zero-order valence-corrected chi connectivity index (χ0v) is 10.3. The smallest absolute Gasteiger partial charge is 0.222 e. The second kappa shape index (κ2) is 6.62. The predicted octanol–water partition coefficient (Wildman–Crippen LogP) is 3.29. The molecule has 0 atom stereocenters. The van der Waals surface area contributed by atoms with Crippen LogP contribution in [0.4, 0.5) is 0 Å². The van der Waals surface area contributed by atoms with Crippen LogP contribution in [0, 0.1) is 0 Å². The Morgan fingerprint density at radius 3 is 2.80 bits per heavy atom. The summed E-state index contributed by atoms with van der Waals surface area (Å²) in [6, 6.07) is 4.12. The highest BCUT2D eigenvalue weighted by molar-refractivity contribution is 7.09. The molecule has 1 heterocycles. The van der Waals surface area contributed by atoms with Crippen LogP contribution in [0.15, 0.2) is 17.5 Å². The molecule has 84 valence electrons. The average Bonchev–Trinajstić information content (AvgIpc) is 2.75. The molecule has 1 aromatic heterocycles. The van der Waals surface area contributed by atoms with Crippen LogP contribution in [0.5, 0.6) is 0 Å². The molecule has 2 nitrogen and oxygen atoms in total. The fourth-order valence-corrected chi connectivity index (χ4v) is 2.17. The van der Waals surface area contributed by atoms with Gasteiger partial charge in [-0.15, -0.1) is 11.3 Å². The minimum Gasteiger partial charge on any atom is -0.338 e. The van der Waals surface area contributed by atoms with Crippen LogP contribution in [0.3, 0.4) is 0 Å². The Balaban J connectivity index is 2.44. The first-order valence-electron chi connectivity index (χ1n) is 5.58. The van der Waals surface area contributed by atoms with Gasteiger partial charge in [0.2, 0.25) is 5.91 Å². The van der Waals surface area contributed by atoms with Gasteiger partial charge < -0.3 is 4.90 Å². The Kier molecular flexibility index (Phi) is 5.40. The van der Waals surface area contributed by atoms with Crippen LogP contribution >= 0.6 is 11.3 Å². The molecule has 0 aliphatic heterocycles. The van der Waals surface area contributed by atoms with Crippen molar-refractivity contribution in [1.82, 2.24) is 4.90 Å². The highest BCUT2D eigenvalue weighted by Crippen LogP contribution is 2.13. The Morgan fingerprint density at radius 1 is 1.47 bits per heavy atom. The number of hydrogen-bond acceptors (Lipinski definition) is 2. The summed E-state index contributed by atoms with van der Waals surface area (Å²) in [6.07, 6.45) is 2.78. The van der Waals surface area contributed by atoms with Gasteiger partial charge in [-0.2, -0.15) is 0 Å². The maximum atomic E-state index is 11.8. The van der Waals surface area contributed by atoms with Crippen molar-refractivity contribution in [2.24, 2.45) is 0 Å². The van der Waals surface area contributed by atoms with Crippen LogP contribution in [0.2, 0.25) is 0 Å². The summed E-state index contributed by atoms with van der Waals surface area (Å²) in [5.74, 6) is 0.285. The number of carbonyl (C=O) groups is 1. The number of thiophene rings is 1. The van der Waals surface area contributed by atoms with Crippen LogP contribution in [-0.4, -0.2) is 17.4 Å². The summed E-state index contributed by atoms with van der Waals surface area (Å²) in [6.45, 7) is 5.73. The van der Waals surface area contributed by atoms with Gasteiger partial charge in [-0.05, 0) is 24.8 Å². The van der Waals surface area contributed by atoms with Crippen LogP contribution in [-0.2, 0) is 11.3 Å². The molecule has 0 aliphatic carbocycles. The molecule has 0 N–H and O–H groups in total. The molecule has 1 aromatic rings. The summed E-state index contributed by atoms with van der Waals surface area (Å²) in [5, 5.41) is 2.06. The third-order valence-electron chi connectivity index (χ3n) is 2.41. The van der Waals surface area contributed by atoms with Gasteiger partial charge >= 0.3 is 0 Å². The molecule has 0 aliphatic rings. The fraction of sp³-hybridized carbons (Fsp3) is 0.583. The van der Waals surface area contributed by atoms with Gasteiger partial charge in [-0.25, -0.2) is 0 Å². The lowest BCUT2D eigenvalue weighted by molar-refractivity contribution is -0.131. The summed E-state index contributed by atoms with van der Waals surface area (Å²) in [5.41, 5.74) is 0. The van der Waals surface area contributed by atoms with Crippen molar-refractivity contribution in [2.45, 2.75) is 39.7 Å². The summed E-state index contributed by atoms with van der Waals surface area (Å²) in [4.78, 5) is 15.0. The second-order valence-electron chi connectivity index (χ2n) is 3.59. The quantitative estimate of drug-likeness (QED) is 0.727. The molecular formula is C12H19NOS. The molecule has 1 rings (SSSR count). The van der Waals surface area contributed by atoms with Crippen molar-refractivity contribution in [1.29, 1.82) is 0 Å². The molecular weight excluding hydrogens is 206 g/mol. The molecule has 15 heavy (non-hydrogen) atoms. The first-order valence-corrected chi connectivity index (χ1v) is 6.46. The molecule has 0 fully saturated rings. The number of hydrogen-bond donors (Lipinski definition) is 0. The maximum absolute atomic E-state index is 11.8. The van der Waals surface area contributed by atoms with E-state index >= 15 is 0 Å². The Labute approximate surface area is 95.9 Å². The molecule has 0 unspecified atom stereocenters. The van der Waals surface area contributed by atoms with E-state index in [4.69, 9.17) is 0 Å². The van der Waals surface area contributed by atoms with Gasteiger partial charge in [0, 0.05) is 17.8 Å². The van der Waals surface area contributed by atoms with E-state index in [0.29, 0.717) is 6.42 Å². The average molecular weight is 225 g/mol. The number of amides is 1. The second-order valence-corrected chi connectivity index (χ2v) is 4.62. The van der Waals surface area contributed by atoms with E-state index in [1.165, 1.54) is 4.88 Å². The van der Waals surface area contributed by atoms with Crippen molar-refractivity contribution in [3.05, 3.63) is 22.4 Å². The topological polar surface area (TPSA) is 20.3 Å². The van der Waals surface area contributed by atoms with Crippen molar-refractivity contribution >= 4 is 17.2 Å². The van der Waals surface area contributed by atoms with Crippen molar-refractivity contribution in [2.75, 3.05) is 6.54 Å². The zero-order chi connectivity index (χ0) is 11.1. The summed E-state index contributed by atoms with van der Waals surface area (Å²) < 4.78 is 0. The van der Waals surface area contributed by atoms with Gasteiger partial charge in [-0.3, -0.25) is 4.79 Å². The lowest BCUT2D eigenvalue weighted by atomic mass is 10.2. The zero-order valence-electron chi connectivity index (χ0n) is 9.53. The van der Waals surface area contributed by atoms with Crippen LogP contribution in [0.1, 0.15) is 38.0 Å². The van der Waals surface area contributed by atoms with E-state index in [1.54, 1.807) is 11.3 Å². The van der Waals surface area contributed by atoms with E-state index in [9.17, 15) is 4.79 Å². The molecule has 0 spiro atoms. The predicted molar refractivity (Wildman–Crippen MR) is 64.9 cm³/mol. The van der Waals surface area contributed by atoms with E-state index in [1.807, 2.05) is 17.9 Å². The van der Waals surface area contributed by atoms with E-state index in [0.717, 1.165) is 25.9 Å². The van der Waals surface area contributed by atoms with Gasteiger partial charge in [0.05, 0.1) is 6.54 Å². The molecule has 0 saturated carbocycles. The van der Waals surface area contributed by atoms with Gasteiger partial charge in [-0.1, -0.05) is 19.4 Å². The minimum absolute atomic E-state index is 0.285. The monoisotopic (exact) mass is 225 g/mol. The number of carbonyl (C=O) groups excluding carboxylic acids is 1. The highest BCUT2D eigenvalue weighted by Gasteiger charge is 2.11. The third kappa shape index (κ3) is 4.04. The Hall–Kier alpha value is -0.830. The standard InChI is InChI=1S/C12H19NOS/c1-3-5-8-12(14)13(4-2)10-11-7-6-9-15-11/h6-7,9H,3-5,8,10H2,1-2H3. The number of rotatable bonds is 6. The number of unbranched alkanes of at least 4 members (excludes halogenated alkanes) is 1. The maximum Gasteiger partial charge on any atom is 0.222 e. The first-order chi connectivity index (χ1) is 7.27. The Morgan fingerprint density at radius 2 is 2.27 bits per heavy atom.